The van der Waals surface area contributed by atoms with Gasteiger partial charge in [0.15, 0.2) is 17.3 Å². The van der Waals surface area contributed by atoms with Crippen LogP contribution in [0.5, 0.6) is 11.5 Å². The summed E-state index contributed by atoms with van der Waals surface area (Å²) >= 11 is 0. The molecule has 4 nitrogen and oxygen atoms in total. The lowest BCUT2D eigenvalue weighted by atomic mass is 9.98. The first-order valence-corrected chi connectivity index (χ1v) is 5.45. The van der Waals surface area contributed by atoms with Gasteiger partial charge >= 0.3 is 0 Å². The molecule has 1 atom stereocenters. The van der Waals surface area contributed by atoms with Crippen molar-refractivity contribution in [2.45, 2.75) is 20.0 Å². The van der Waals surface area contributed by atoms with Crippen LogP contribution in [0.3, 0.4) is 0 Å². The first-order chi connectivity index (χ1) is 8.01. The standard InChI is InChI=1S/C13H18O4/c1-8(2)12(14)13(15)9-5-6-10(16-3)11(7-9)17-4/h5-8,13,15H,1-4H3. The monoisotopic (exact) mass is 238 g/mol. The smallest absolute Gasteiger partial charge is 0.168 e. The molecule has 1 N–H and O–H groups in total. The number of carbonyl (C=O) groups excluding carboxylic acids is 1. The Morgan fingerprint density at radius 2 is 1.76 bits per heavy atom. The van der Waals surface area contributed by atoms with Crippen LogP contribution in [0, 0.1) is 5.92 Å². The van der Waals surface area contributed by atoms with Crippen LogP contribution in [0.2, 0.25) is 0 Å². The molecule has 0 aromatic heterocycles. The van der Waals surface area contributed by atoms with Gasteiger partial charge in [0.25, 0.3) is 0 Å². The molecule has 94 valence electrons. The topological polar surface area (TPSA) is 55.8 Å². The highest BCUT2D eigenvalue weighted by Gasteiger charge is 2.21. The van der Waals surface area contributed by atoms with Crippen LogP contribution in [-0.4, -0.2) is 25.1 Å². The summed E-state index contributed by atoms with van der Waals surface area (Å²) in [5.74, 6) is 0.649. The summed E-state index contributed by atoms with van der Waals surface area (Å²) in [4.78, 5) is 11.7. The van der Waals surface area contributed by atoms with E-state index in [9.17, 15) is 9.90 Å². The lowest BCUT2D eigenvalue weighted by molar-refractivity contribution is -0.130. The Balaban J connectivity index is 3.03. The van der Waals surface area contributed by atoms with E-state index in [1.54, 1.807) is 32.0 Å². The number of aliphatic hydroxyl groups excluding tert-OH is 1. The van der Waals surface area contributed by atoms with E-state index in [1.165, 1.54) is 14.2 Å². The number of methoxy groups -OCH3 is 2. The predicted molar refractivity (Wildman–Crippen MR) is 64.4 cm³/mol. The number of aliphatic hydroxyl groups is 1. The van der Waals surface area contributed by atoms with Crippen LogP contribution in [0.4, 0.5) is 0 Å². The highest BCUT2D eigenvalue weighted by molar-refractivity contribution is 5.85. The molecule has 1 unspecified atom stereocenters. The van der Waals surface area contributed by atoms with Crippen LogP contribution < -0.4 is 9.47 Å². The van der Waals surface area contributed by atoms with Crippen molar-refractivity contribution in [2.24, 2.45) is 5.92 Å². The molecule has 0 aliphatic carbocycles. The van der Waals surface area contributed by atoms with Gasteiger partial charge in [-0.2, -0.15) is 0 Å². The Morgan fingerprint density at radius 3 is 2.24 bits per heavy atom. The molecule has 0 aliphatic heterocycles. The van der Waals surface area contributed by atoms with E-state index < -0.39 is 6.10 Å². The summed E-state index contributed by atoms with van der Waals surface area (Å²) < 4.78 is 10.2. The fourth-order valence-corrected chi connectivity index (χ4v) is 1.50. The van der Waals surface area contributed by atoms with Crippen molar-refractivity contribution in [3.05, 3.63) is 23.8 Å². The van der Waals surface area contributed by atoms with Crippen LogP contribution >= 0.6 is 0 Å². The Labute approximate surface area is 101 Å². The van der Waals surface area contributed by atoms with Crippen molar-refractivity contribution >= 4 is 5.78 Å². The summed E-state index contributed by atoms with van der Waals surface area (Å²) in [5.41, 5.74) is 0.515. The maximum Gasteiger partial charge on any atom is 0.168 e. The van der Waals surface area contributed by atoms with Crippen molar-refractivity contribution in [2.75, 3.05) is 14.2 Å². The van der Waals surface area contributed by atoms with E-state index in [0.29, 0.717) is 17.1 Å². The van der Waals surface area contributed by atoms with Gasteiger partial charge < -0.3 is 14.6 Å². The molecule has 1 aromatic carbocycles. The predicted octanol–water partition coefficient (Wildman–Crippen LogP) is 1.96. The molecule has 0 heterocycles. The zero-order valence-corrected chi connectivity index (χ0v) is 10.6. The molecule has 1 rings (SSSR count). The molecule has 0 aliphatic rings. The third-order valence-corrected chi connectivity index (χ3v) is 2.56. The van der Waals surface area contributed by atoms with Gasteiger partial charge in [0.1, 0.15) is 6.10 Å². The number of Topliss-reactive ketones (excluding diaryl/α,β-unsaturated/α-hetero) is 1. The quantitative estimate of drug-likeness (QED) is 0.852. The molecule has 17 heavy (non-hydrogen) atoms. The molecule has 1 aromatic rings. The number of ketones is 1. The zero-order chi connectivity index (χ0) is 13.0. The highest BCUT2D eigenvalue weighted by Crippen LogP contribution is 2.30. The van der Waals surface area contributed by atoms with E-state index in [4.69, 9.17) is 9.47 Å². The second-order valence-corrected chi connectivity index (χ2v) is 4.07. The van der Waals surface area contributed by atoms with Crippen LogP contribution in [0.25, 0.3) is 0 Å². The molecule has 0 spiro atoms. The van der Waals surface area contributed by atoms with Gasteiger partial charge in [-0.25, -0.2) is 0 Å². The minimum Gasteiger partial charge on any atom is -0.493 e. The molecule has 4 heteroatoms. The molecule has 0 saturated heterocycles. The number of benzene rings is 1. The summed E-state index contributed by atoms with van der Waals surface area (Å²) in [6.07, 6.45) is -1.12. The summed E-state index contributed by atoms with van der Waals surface area (Å²) in [5, 5.41) is 9.90. The number of rotatable bonds is 5. The first kappa shape index (κ1) is 13.5. The zero-order valence-electron chi connectivity index (χ0n) is 10.6. The second-order valence-electron chi connectivity index (χ2n) is 4.07. The van der Waals surface area contributed by atoms with Crippen LogP contribution in [-0.2, 0) is 4.79 Å². The van der Waals surface area contributed by atoms with Gasteiger partial charge in [-0.05, 0) is 17.7 Å². The van der Waals surface area contributed by atoms with E-state index in [0.717, 1.165) is 0 Å². The highest BCUT2D eigenvalue weighted by atomic mass is 16.5. The van der Waals surface area contributed by atoms with Crippen molar-refractivity contribution < 1.29 is 19.4 Å². The van der Waals surface area contributed by atoms with Gasteiger partial charge in [-0.3, -0.25) is 4.79 Å². The normalized spacial score (nSPS) is 12.4. The van der Waals surface area contributed by atoms with Gasteiger partial charge in [-0.15, -0.1) is 0 Å². The Bertz CT molecular complexity index is 398. The molecule has 0 amide bonds. The average molecular weight is 238 g/mol. The molecule has 0 saturated carbocycles. The minimum absolute atomic E-state index is 0.210. The lowest BCUT2D eigenvalue weighted by Crippen LogP contribution is -2.17. The van der Waals surface area contributed by atoms with Gasteiger partial charge in [0, 0.05) is 5.92 Å². The van der Waals surface area contributed by atoms with Gasteiger partial charge in [0.2, 0.25) is 0 Å². The first-order valence-electron chi connectivity index (χ1n) is 5.45. The largest absolute Gasteiger partial charge is 0.493 e. The number of carbonyl (C=O) groups is 1. The fraction of sp³-hybridized carbons (Fsp3) is 0.462. The van der Waals surface area contributed by atoms with Crippen LogP contribution in [0.15, 0.2) is 18.2 Å². The molecule has 0 bridgehead atoms. The fourth-order valence-electron chi connectivity index (χ4n) is 1.50. The van der Waals surface area contributed by atoms with Crippen LogP contribution in [0.1, 0.15) is 25.5 Å². The maximum atomic E-state index is 11.7. The van der Waals surface area contributed by atoms with E-state index >= 15 is 0 Å². The lowest BCUT2D eigenvalue weighted by Gasteiger charge is -2.14. The average Bonchev–Trinajstić information content (AvgIpc) is 2.35. The maximum absolute atomic E-state index is 11.7. The third-order valence-electron chi connectivity index (χ3n) is 2.56. The summed E-state index contributed by atoms with van der Waals surface area (Å²) in [6.45, 7) is 3.51. The van der Waals surface area contributed by atoms with Crippen molar-refractivity contribution in [1.82, 2.24) is 0 Å². The van der Waals surface area contributed by atoms with Gasteiger partial charge in [-0.1, -0.05) is 19.9 Å². The summed E-state index contributed by atoms with van der Waals surface area (Å²) in [6, 6.07) is 4.95. The van der Waals surface area contributed by atoms with E-state index in [1.807, 2.05) is 0 Å². The Morgan fingerprint density at radius 1 is 1.18 bits per heavy atom. The minimum atomic E-state index is -1.12. The SMILES string of the molecule is COc1ccc(C(O)C(=O)C(C)C)cc1OC. The van der Waals surface area contributed by atoms with E-state index in [2.05, 4.69) is 0 Å². The number of hydrogen-bond donors (Lipinski definition) is 1. The molecule has 0 radical (unpaired) electrons. The van der Waals surface area contributed by atoms with Crippen molar-refractivity contribution in [1.29, 1.82) is 0 Å². The summed E-state index contributed by atoms with van der Waals surface area (Å²) in [7, 11) is 3.05. The Hall–Kier alpha value is -1.55. The Kier molecular flexibility index (Phi) is 4.52. The molecular weight excluding hydrogens is 220 g/mol. The molecule has 0 fully saturated rings. The third kappa shape index (κ3) is 2.97. The van der Waals surface area contributed by atoms with E-state index in [-0.39, 0.29) is 11.7 Å². The van der Waals surface area contributed by atoms with Gasteiger partial charge in [0.05, 0.1) is 14.2 Å². The second kappa shape index (κ2) is 5.68. The molecular formula is C13H18O4. The number of ether oxygens (including phenoxy) is 2. The van der Waals surface area contributed by atoms with Crippen molar-refractivity contribution in [3.8, 4) is 11.5 Å². The van der Waals surface area contributed by atoms with Crippen molar-refractivity contribution in [3.63, 3.8) is 0 Å². The number of hydrogen-bond acceptors (Lipinski definition) is 4.